The van der Waals surface area contributed by atoms with Gasteiger partial charge in [-0.3, -0.25) is 0 Å². The van der Waals surface area contributed by atoms with Crippen LogP contribution in [0.4, 0.5) is 0 Å². The zero-order valence-electron chi connectivity index (χ0n) is 11.8. The highest BCUT2D eigenvalue weighted by molar-refractivity contribution is 7.10. The number of hydrogen-bond acceptors (Lipinski definition) is 3. The summed E-state index contributed by atoms with van der Waals surface area (Å²) in [6.07, 6.45) is 0.916. The Morgan fingerprint density at radius 2 is 2.10 bits per heavy atom. The van der Waals surface area contributed by atoms with Crippen molar-refractivity contribution in [3.8, 4) is 0 Å². The van der Waals surface area contributed by atoms with E-state index in [1.807, 2.05) is 6.07 Å². The Morgan fingerprint density at radius 3 is 2.80 bits per heavy atom. The fourth-order valence-corrected chi connectivity index (χ4v) is 3.37. The fourth-order valence-electron chi connectivity index (χ4n) is 2.57. The number of aromatic nitrogens is 2. The van der Waals surface area contributed by atoms with E-state index in [-0.39, 0.29) is 0 Å². The molecule has 0 aliphatic heterocycles. The Balaban J connectivity index is 1.92. The molecule has 1 unspecified atom stereocenters. The van der Waals surface area contributed by atoms with E-state index in [2.05, 4.69) is 59.6 Å². The summed E-state index contributed by atoms with van der Waals surface area (Å²) in [7, 11) is 2.10. The van der Waals surface area contributed by atoms with Gasteiger partial charge in [-0.05, 0) is 30.1 Å². The van der Waals surface area contributed by atoms with E-state index in [9.17, 15) is 0 Å². The van der Waals surface area contributed by atoms with E-state index < -0.39 is 0 Å². The SMILES string of the molecule is CCNC(Cc1nc2ccccc2n1C)c1cccs1. The number of hydrogen-bond donors (Lipinski definition) is 1. The van der Waals surface area contributed by atoms with Gasteiger partial charge in [0.1, 0.15) is 5.82 Å². The second-order valence-corrected chi connectivity index (χ2v) is 5.88. The van der Waals surface area contributed by atoms with Crippen LogP contribution in [0.1, 0.15) is 23.7 Å². The van der Waals surface area contributed by atoms with Crippen molar-refractivity contribution in [1.82, 2.24) is 14.9 Å². The number of aryl methyl sites for hydroxylation is 1. The Morgan fingerprint density at radius 1 is 1.25 bits per heavy atom. The number of nitrogens with zero attached hydrogens (tertiary/aromatic N) is 2. The predicted octanol–water partition coefficient (Wildman–Crippen LogP) is 3.53. The van der Waals surface area contributed by atoms with Crippen molar-refractivity contribution in [3.05, 3.63) is 52.5 Å². The molecule has 0 aliphatic rings. The minimum atomic E-state index is 0.343. The van der Waals surface area contributed by atoms with Crippen molar-refractivity contribution in [2.75, 3.05) is 6.54 Å². The van der Waals surface area contributed by atoms with Crippen LogP contribution in [0.2, 0.25) is 0 Å². The number of thiophene rings is 1. The summed E-state index contributed by atoms with van der Waals surface area (Å²) in [5.41, 5.74) is 2.27. The Kier molecular flexibility index (Phi) is 3.85. The normalized spacial score (nSPS) is 12.9. The predicted molar refractivity (Wildman–Crippen MR) is 85.2 cm³/mol. The van der Waals surface area contributed by atoms with Gasteiger partial charge in [0.15, 0.2) is 0 Å². The van der Waals surface area contributed by atoms with E-state index in [0.29, 0.717) is 6.04 Å². The van der Waals surface area contributed by atoms with Crippen LogP contribution in [-0.4, -0.2) is 16.1 Å². The molecule has 3 rings (SSSR count). The second-order valence-electron chi connectivity index (χ2n) is 4.91. The number of likely N-dealkylation sites (N-methyl/N-ethyl adjacent to an activating group) is 1. The molecular formula is C16H19N3S. The lowest BCUT2D eigenvalue weighted by Crippen LogP contribution is -2.23. The number of imidazole rings is 1. The maximum atomic E-state index is 4.77. The number of fused-ring (bicyclic) bond motifs is 1. The summed E-state index contributed by atoms with van der Waals surface area (Å²) >= 11 is 1.80. The summed E-state index contributed by atoms with van der Waals surface area (Å²) in [5, 5.41) is 5.70. The molecule has 0 bridgehead atoms. The molecule has 2 aromatic heterocycles. The molecule has 0 spiro atoms. The summed E-state index contributed by atoms with van der Waals surface area (Å²) in [4.78, 5) is 6.15. The third-order valence-corrected chi connectivity index (χ3v) is 4.59. The fraction of sp³-hybridized carbons (Fsp3) is 0.312. The highest BCUT2D eigenvalue weighted by Crippen LogP contribution is 2.24. The molecule has 0 saturated heterocycles. The highest BCUT2D eigenvalue weighted by Gasteiger charge is 2.16. The van der Waals surface area contributed by atoms with Gasteiger partial charge in [-0.2, -0.15) is 0 Å². The average molecular weight is 285 g/mol. The summed E-state index contributed by atoms with van der Waals surface area (Å²) < 4.78 is 2.20. The van der Waals surface area contributed by atoms with E-state index in [1.165, 1.54) is 10.4 Å². The minimum absolute atomic E-state index is 0.343. The Labute approximate surface area is 123 Å². The van der Waals surface area contributed by atoms with Gasteiger partial charge in [-0.1, -0.05) is 25.1 Å². The lowest BCUT2D eigenvalue weighted by Gasteiger charge is -2.16. The van der Waals surface area contributed by atoms with Gasteiger partial charge in [0.05, 0.1) is 11.0 Å². The van der Waals surface area contributed by atoms with Crippen LogP contribution in [0.5, 0.6) is 0 Å². The first kappa shape index (κ1) is 13.3. The molecule has 104 valence electrons. The van der Waals surface area contributed by atoms with E-state index in [1.54, 1.807) is 11.3 Å². The van der Waals surface area contributed by atoms with E-state index in [4.69, 9.17) is 4.98 Å². The second kappa shape index (κ2) is 5.77. The van der Waals surface area contributed by atoms with Crippen LogP contribution >= 0.6 is 11.3 Å². The maximum Gasteiger partial charge on any atom is 0.111 e. The van der Waals surface area contributed by atoms with Crippen LogP contribution in [0.25, 0.3) is 11.0 Å². The molecule has 2 heterocycles. The average Bonchev–Trinajstić information content (AvgIpc) is 3.08. The number of nitrogens with one attached hydrogen (secondary N) is 1. The third kappa shape index (κ3) is 2.49. The maximum absolute atomic E-state index is 4.77. The molecule has 1 N–H and O–H groups in total. The topological polar surface area (TPSA) is 29.9 Å². The molecule has 1 aromatic carbocycles. The largest absolute Gasteiger partial charge is 0.331 e. The molecule has 0 radical (unpaired) electrons. The van der Waals surface area contributed by atoms with Gasteiger partial charge in [0, 0.05) is 24.4 Å². The lowest BCUT2D eigenvalue weighted by atomic mass is 10.1. The number of rotatable bonds is 5. The van der Waals surface area contributed by atoms with Gasteiger partial charge in [-0.25, -0.2) is 4.98 Å². The quantitative estimate of drug-likeness (QED) is 0.777. The molecule has 20 heavy (non-hydrogen) atoms. The molecule has 1 atom stereocenters. The van der Waals surface area contributed by atoms with Crippen molar-refractivity contribution >= 4 is 22.4 Å². The minimum Gasteiger partial charge on any atom is -0.331 e. The Hall–Kier alpha value is -1.65. The zero-order chi connectivity index (χ0) is 13.9. The highest BCUT2D eigenvalue weighted by atomic mass is 32.1. The van der Waals surface area contributed by atoms with Crippen LogP contribution in [0, 0.1) is 0 Å². The van der Waals surface area contributed by atoms with Gasteiger partial charge >= 0.3 is 0 Å². The van der Waals surface area contributed by atoms with E-state index in [0.717, 1.165) is 24.3 Å². The number of benzene rings is 1. The lowest BCUT2D eigenvalue weighted by molar-refractivity contribution is 0.538. The van der Waals surface area contributed by atoms with Crippen LogP contribution in [-0.2, 0) is 13.5 Å². The first-order valence-corrected chi connectivity index (χ1v) is 7.84. The third-order valence-electron chi connectivity index (χ3n) is 3.60. The molecule has 0 saturated carbocycles. The molecule has 0 fully saturated rings. The molecule has 0 amide bonds. The first-order valence-electron chi connectivity index (χ1n) is 6.96. The number of para-hydroxylation sites is 2. The monoisotopic (exact) mass is 285 g/mol. The molecule has 4 heteroatoms. The summed E-state index contributed by atoms with van der Waals surface area (Å²) in [6, 6.07) is 13.0. The van der Waals surface area contributed by atoms with Crippen molar-refractivity contribution in [2.45, 2.75) is 19.4 Å². The zero-order valence-corrected chi connectivity index (χ0v) is 12.7. The standard InChI is InChI=1S/C16H19N3S/c1-3-17-13(15-9-6-10-20-15)11-16-18-12-7-4-5-8-14(12)19(16)2/h4-10,13,17H,3,11H2,1-2H3. The molecule has 0 aliphatic carbocycles. The summed E-state index contributed by atoms with van der Waals surface area (Å²) in [6.45, 7) is 3.11. The van der Waals surface area contributed by atoms with Crippen molar-refractivity contribution in [3.63, 3.8) is 0 Å². The van der Waals surface area contributed by atoms with Gasteiger partial charge in [0.2, 0.25) is 0 Å². The van der Waals surface area contributed by atoms with Gasteiger partial charge in [0.25, 0.3) is 0 Å². The summed E-state index contributed by atoms with van der Waals surface area (Å²) in [5.74, 6) is 1.13. The van der Waals surface area contributed by atoms with Crippen LogP contribution in [0.3, 0.4) is 0 Å². The molecule has 3 aromatic rings. The van der Waals surface area contributed by atoms with Crippen molar-refractivity contribution < 1.29 is 0 Å². The van der Waals surface area contributed by atoms with Crippen LogP contribution < -0.4 is 5.32 Å². The van der Waals surface area contributed by atoms with Gasteiger partial charge < -0.3 is 9.88 Å². The van der Waals surface area contributed by atoms with Gasteiger partial charge in [-0.15, -0.1) is 11.3 Å². The van der Waals surface area contributed by atoms with Crippen molar-refractivity contribution in [2.24, 2.45) is 7.05 Å². The smallest absolute Gasteiger partial charge is 0.111 e. The Bertz CT molecular complexity index is 685. The first-order chi connectivity index (χ1) is 9.79. The van der Waals surface area contributed by atoms with E-state index >= 15 is 0 Å². The van der Waals surface area contributed by atoms with Crippen molar-refractivity contribution in [1.29, 1.82) is 0 Å². The molecular weight excluding hydrogens is 266 g/mol. The van der Waals surface area contributed by atoms with Crippen LogP contribution in [0.15, 0.2) is 41.8 Å². The molecule has 3 nitrogen and oxygen atoms in total.